The molecule has 1 fully saturated rings. The monoisotopic (exact) mass is 386 g/mol. The number of nitrogens with two attached hydrogens (primary N) is 1. The van der Waals surface area contributed by atoms with Gasteiger partial charge in [0.1, 0.15) is 4.90 Å². The van der Waals surface area contributed by atoms with Crippen molar-refractivity contribution >= 4 is 39.5 Å². The van der Waals surface area contributed by atoms with Crippen molar-refractivity contribution in [2.24, 2.45) is 10.9 Å². The molecule has 1 aromatic rings. The summed E-state index contributed by atoms with van der Waals surface area (Å²) in [6.45, 7) is 0. The minimum Gasteiger partial charge on any atom is -0.383 e. The first-order valence-electron chi connectivity index (χ1n) is 6.34. The minimum absolute atomic E-state index is 0.0395. The number of hydrogen-bond donors (Lipinski definition) is 1. The number of hydrogen-bond acceptors (Lipinski definition) is 6. The molecule has 1 aliphatic heterocycles. The third kappa shape index (κ3) is 4.95. The predicted molar refractivity (Wildman–Crippen MR) is 84.9 cm³/mol. The second kappa shape index (κ2) is 7.22. The van der Waals surface area contributed by atoms with E-state index in [1.165, 1.54) is 0 Å². The first-order valence-corrected chi connectivity index (χ1v) is 9.95. The Bertz CT molecular complexity index is 669. The molecule has 0 aromatic heterocycles. The molecule has 23 heavy (non-hydrogen) atoms. The van der Waals surface area contributed by atoms with E-state index in [1.54, 1.807) is 23.5 Å². The lowest BCUT2D eigenvalue weighted by Gasteiger charge is -2.19. The van der Waals surface area contributed by atoms with E-state index in [0.717, 1.165) is 23.6 Å². The van der Waals surface area contributed by atoms with Crippen molar-refractivity contribution in [2.75, 3.05) is 17.3 Å². The summed E-state index contributed by atoms with van der Waals surface area (Å²) in [5.74, 6) is 2.60. The van der Waals surface area contributed by atoms with Crippen molar-refractivity contribution in [1.29, 1.82) is 0 Å². The molecule has 1 heterocycles. The summed E-state index contributed by atoms with van der Waals surface area (Å²) in [6.07, 6.45) is -4.54. The number of halogens is 3. The van der Waals surface area contributed by atoms with Crippen LogP contribution in [0.15, 0.2) is 34.3 Å². The molecule has 11 heteroatoms. The lowest BCUT2D eigenvalue weighted by molar-refractivity contribution is -0.137. The SMILES string of the molecule is N/C(=N/OS(=O)(=O)c1ccc(C(F)(F)F)cc1)[C@@H]1CSCCS1. The van der Waals surface area contributed by atoms with Gasteiger partial charge in [0.15, 0.2) is 5.84 Å². The number of alkyl halides is 3. The molecule has 5 nitrogen and oxygen atoms in total. The van der Waals surface area contributed by atoms with E-state index in [4.69, 9.17) is 5.73 Å². The molecule has 2 N–H and O–H groups in total. The molecule has 128 valence electrons. The normalized spacial score (nSPS) is 20.3. The summed E-state index contributed by atoms with van der Waals surface area (Å²) < 4.78 is 65.6. The molecule has 0 saturated carbocycles. The number of nitrogens with zero attached hydrogens (tertiary/aromatic N) is 1. The maximum absolute atomic E-state index is 12.5. The molecule has 1 aromatic carbocycles. The maximum atomic E-state index is 12.5. The molecule has 0 aliphatic carbocycles. The summed E-state index contributed by atoms with van der Waals surface area (Å²) in [5.41, 5.74) is 4.74. The van der Waals surface area contributed by atoms with Crippen molar-refractivity contribution in [3.8, 4) is 0 Å². The van der Waals surface area contributed by atoms with Crippen LogP contribution in [0, 0.1) is 0 Å². The molecule has 1 saturated heterocycles. The Morgan fingerprint density at radius 1 is 1.26 bits per heavy atom. The van der Waals surface area contributed by atoms with E-state index in [2.05, 4.69) is 9.44 Å². The van der Waals surface area contributed by atoms with Crippen LogP contribution in [0.5, 0.6) is 0 Å². The van der Waals surface area contributed by atoms with Gasteiger partial charge in [0, 0.05) is 17.3 Å². The second-order valence-corrected chi connectivity index (χ2v) is 8.49. The topological polar surface area (TPSA) is 81.8 Å². The van der Waals surface area contributed by atoms with Crippen LogP contribution in [-0.2, 0) is 20.6 Å². The highest BCUT2D eigenvalue weighted by Gasteiger charge is 2.31. The predicted octanol–water partition coefficient (Wildman–Crippen LogP) is 2.53. The Morgan fingerprint density at radius 3 is 2.43 bits per heavy atom. The van der Waals surface area contributed by atoms with Crippen LogP contribution >= 0.6 is 23.5 Å². The largest absolute Gasteiger partial charge is 0.416 e. The van der Waals surface area contributed by atoms with Crippen LogP contribution in [0.25, 0.3) is 0 Å². The molecule has 1 aliphatic rings. The van der Waals surface area contributed by atoms with Gasteiger partial charge < -0.3 is 5.73 Å². The van der Waals surface area contributed by atoms with E-state index in [0.29, 0.717) is 17.9 Å². The second-order valence-electron chi connectivity index (χ2n) is 4.50. The molecule has 0 unspecified atom stereocenters. The molecule has 0 amide bonds. The van der Waals surface area contributed by atoms with Gasteiger partial charge in [-0.05, 0) is 24.3 Å². The zero-order valence-electron chi connectivity index (χ0n) is 11.6. The smallest absolute Gasteiger partial charge is 0.383 e. The molecule has 0 bridgehead atoms. The van der Waals surface area contributed by atoms with Gasteiger partial charge in [-0.25, -0.2) is 0 Å². The average Bonchev–Trinajstić information content (AvgIpc) is 2.53. The Labute approximate surface area is 139 Å². The van der Waals surface area contributed by atoms with Crippen LogP contribution in [0.3, 0.4) is 0 Å². The van der Waals surface area contributed by atoms with E-state index >= 15 is 0 Å². The summed E-state index contributed by atoms with van der Waals surface area (Å²) in [4.78, 5) is -0.423. The number of benzene rings is 1. The van der Waals surface area contributed by atoms with Gasteiger partial charge in [0.05, 0.1) is 10.8 Å². The van der Waals surface area contributed by atoms with Gasteiger partial charge in [-0.1, -0.05) is 5.16 Å². The zero-order valence-corrected chi connectivity index (χ0v) is 14.1. The highest BCUT2D eigenvalue weighted by Crippen LogP contribution is 2.30. The molecule has 0 radical (unpaired) electrons. The van der Waals surface area contributed by atoms with Gasteiger partial charge in [0.2, 0.25) is 0 Å². The fourth-order valence-corrected chi connectivity index (χ4v) is 4.98. The van der Waals surface area contributed by atoms with Crippen LogP contribution < -0.4 is 5.73 Å². The van der Waals surface area contributed by atoms with Gasteiger partial charge >= 0.3 is 16.3 Å². The van der Waals surface area contributed by atoms with Crippen LogP contribution in [-0.4, -0.2) is 36.8 Å². The molecular formula is C12H13F3N2O3S3. The van der Waals surface area contributed by atoms with Gasteiger partial charge in [0.25, 0.3) is 0 Å². The van der Waals surface area contributed by atoms with Crippen molar-refractivity contribution < 1.29 is 25.9 Å². The van der Waals surface area contributed by atoms with Crippen LogP contribution in [0.2, 0.25) is 0 Å². The molecule has 1 atom stereocenters. The molecular weight excluding hydrogens is 373 g/mol. The van der Waals surface area contributed by atoms with Gasteiger partial charge in [-0.2, -0.15) is 33.4 Å². The fourth-order valence-electron chi connectivity index (χ4n) is 1.66. The number of rotatable bonds is 4. The molecule has 2 rings (SSSR count). The van der Waals surface area contributed by atoms with E-state index in [1.807, 2.05) is 0 Å². The molecule has 0 spiro atoms. The average molecular weight is 386 g/mol. The van der Waals surface area contributed by atoms with Crippen molar-refractivity contribution in [3.63, 3.8) is 0 Å². The summed E-state index contributed by atoms with van der Waals surface area (Å²) in [5, 5.41) is 3.28. The Morgan fingerprint density at radius 2 is 1.91 bits per heavy atom. The summed E-state index contributed by atoms with van der Waals surface area (Å²) in [7, 11) is -4.31. The van der Waals surface area contributed by atoms with Crippen molar-refractivity contribution in [1.82, 2.24) is 0 Å². The van der Waals surface area contributed by atoms with Crippen LogP contribution in [0.1, 0.15) is 5.56 Å². The summed E-state index contributed by atoms with van der Waals surface area (Å²) in [6, 6.07) is 2.96. The maximum Gasteiger partial charge on any atom is 0.416 e. The van der Waals surface area contributed by atoms with E-state index in [9.17, 15) is 21.6 Å². The standard InChI is InChI=1S/C12H13F3N2O3S3/c13-12(14,15)8-1-3-9(4-2-8)23(18,19)20-17-11(16)10-7-21-5-6-22-10/h1-4,10H,5-7H2,(H2,16,17)/t10-/m0/s1. The van der Waals surface area contributed by atoms with E-state index in [-0.39, 0.29) is 11.1 Å². The van der Waals surface area contributed by atoms with Crippen LogP contribution in [0.4, 0.5) is 13.2 Å². The van der Waals surface area contributed by atoms with E-state index < -0.39 is 26.8 Å². The minimum atomic E-state index is -4.54. The Kier molecular flexibility index (Phi) is 5.74. The third-order valence-electron chi connectivity index (χ3n) is 2.86. The number of amidine groups is 1. The highest BCUT2D eigenvalue weighted by molar-refractivity contribution is 8.07. The fraction of sp³-hybridized carbons (Fsp3) is 0.417. The van der Waals surface area contributed by atoms with Crippen molar-refractivity contribution in [2.45, 2.75) is 16.3 Å². The van der Waals surface area contributed by atoms with Crippen molar-refractivity contribution in [3.05, 3.63) is 29.8 Å². The first kappa shape index (κ1) is 18.3. The number of thioether (sulfide) groups is 2. The first-order chi connectivity index (χ1) is 10.7. The highest BCUT2D eigenvalue weighted by atomic mass is 32.2. The quantitative estimate of drug-likeness (QED) is 0.487. The lowest BCUT2D eigenvalue weighted by atomic mass is 10.2. The Balaban J connectivity index is 2.09. The van der Waals surface area contributed by atoms with Gasteiger partial charge in [-0.15, -0.1) is 11.8 Å². The third-order valence-corrected chi connectivity index (χ3v) is 6.76. The number of oxime groups is 1. The Hall–Kier alpha value is -1.07. The lowest BCUT2D eigenvalue weighted by Crippen LogP contribution is -2.31. The summed E-state index contributed by atoms with van der Waals surface area (Å²) >= 11 is 3.22. The zero-order chi connectivity index (χ0) is 17.1. The van der Waals surface area contributed by atoms with Gasteiger partial charge in [-0.3, -0.25) is 4.28 Å².